The summed E-state index contributed by atoms with van der Waals surface area (Å²) in [5, 5.41) is 10.8. The molecule has 0 aromatic heterocycles. The molecule has 0 aliphatic carbocycles. The van der Waals surface area contributed by atoms with Crippen LogP contribution < -0.4 is 4.74 Å². The first-order chi connectivity index (χ1) is 8.99. The van der Waals surface area contributed by atoms with E-state index in [1.807, 2.05) is 0 Å². The zero-order valence-corrected chi connectivity index (χ0v) is 11.4. The summed E-state index contributed by atoms with van der Waals surface area (Å²) in [6.45, 7) is 0. The molecule has 19 heavy (non-hydrogen) atoms. The summed E-state index contributed by atoms with van der Waals surface area (Å²) in [5.74, 6) is -3.13. The van der Waals surface area contributed by atoms with Crippen LogP contribution in [0.5, 0.6) is 11.5 Å². The Morgan fingerprint density at radius 1 is 1.11 bits per heavy atom. The van der Waals surface area contributed by atoms with Gasteiger partial charge in [0.25, 0.3) is 0 Å². The fourth-order valence-corrected chi connectivity index (χ4v) is 1.74. The Morgan fingerprint density at radius 3 is 2.32 bits per heavy atom. The SMILES string of the molecule is O=[N+]([O-])c1ccc(F)c(F)c1Oc1ccc(I)cc1. The van der Waals surface area contributed by atoms with Gasteiger partial charge in [0.1, 0.15) is 5.75 Å². The van der Waals surface area contributed by atoms with Crippen molar-refractivity contribution in [3.63, 3.8) is 0 Å². The summed E-state index contributed by atoms with van der Waals surface area (Å²) in [6.07, 6.45) is 0. The number of ether oxygens (including phenoxy) is 1. The summed E-state index contributed by atoms with van der Waals surface area (Å²) < 4.78 is 32.7. The maximum atomic E-state index is 13.6. The van der Waals surface area contributed by atoms with Crippen LogP contribution in [0.3, 0.4) is 0 Å². The van der Waals surface area contributed by atoms with E-state index in [0.717, 1.165) is 9.64 Å². The molecule has 0 heterocycles. The lowest BCUT2D eigenvalue weighted by atomic mass is 10.2. The molecule has 0 aliphatic heterocycles. The molecular formula is C12H6F2INO3. The fraction of sp³-hybridized carbons (Fsp3) is 0. The molecule has 0 fully saturated rings. The number of benzene rings is 2. The standard InChI is InChI=1S/C12H6F2INO3/c13-9-5-6-10(16(17)18)12(11(9)14)19-8-3-1-7(15)2-4-8/h1-6H. The molecule has 0 unspecified atom stereocenters. The summed E-state index contributed by atoms with van der Waals surface area (Å²) in [5.41, 5.74) is -0.627. The van der Waals surface area contributed by atoms with E-state index in [4.69, 9.17) is 4.74 Å². The van der Waals surface area contributed by atoms with E-state index in [1.54, 1.807) is 12.1 Å². The Bertz CT molecular complexity index is 632. The van der Waals surface area contributed by atoms with Gasteiger partial charge in [-0.25, -0.2) is 4.39 Å². The van der Waals surface area contributed by atoms with Crippen molar-refractivity contribution >= 4 is 28.3 Å². The van der Waals surface area contributed by atoms with E-state index < -0.39 is 28.0 Å². The quantitative estimate of drug-likeness (QED) is 0.456. The topological polar surface area (TPSA) is 52.4 Å². The Kier molecular flexibility index (Phi) is 3.93. The lowest BCUT2D eigenvalue weighted by Gasteiger charge is -2.07. The second-order valence-corrected chi connectivity index (χ2v) is 4.77. The van der Waals surface area contributed by atoms with Gasteiger partial charge in [0.05, 0.1) is 4.92 Å². The molecule has 2 aromatic rings. The van der Waals surface area contributed by atoms with Crippen molar-refractivity contribution in [3.8, 4) is 11.5 Å². The fourth-order valence-electron chi connectivity index (χ4n) is 1.38. The maximum Gasteiger partial charge on any atom is 0.314 e. The van der Waals surface area contributed by atoms with Crippen molar-refractivity contribution in [1.29, 1.82) is 0 Å². The normalized spacial score (nSPS) is 10.3. The number of nitro benzene ring substituents is 1. The zero-order valence-electron chi connectivity index (χ0n) is 9.27. The Balaban J connectivity index is 2.46. The van der Waals surface area contributed by atoms with Crippen molar-refractivity contribution in [2.45, 2.75) is 0 Å². The molecule has 2 rings (SSSR count). The predicted molar refractivity (Wildman–Crippen MR) is 72.2 cm³/mol. The minimum atomic E-state index is -1.38. The average Bonchev–Trinajstić information content (AvgIpc) is 2.37. The van der Waals surface area contributed by atoms with Crippen LogP contribution in [0.1, 0.15) is 0 Å². The molecule has 98 valence electrons. The molecule has 0 aliphatic rings. The van der Waals surface area contributed by atoms with E-state index in [2.05, 4.69) is 22.6 Å². The van der Waals surface area contributed by atoms with Crippen molar-refractivity contribution < 1.29 is 18.4 Å². The number of rotatable bonds is 3. The van der Waals surface area contributed by atoms with Crippen LogP contribution in [0.25, 0.3) is 0 Å². The van der Waals surface area contributed by atoms with Gasteiger partial charge in [0.15, 0.2) is 5.82 Å². The monoisotopic (exact) mass is 377 g/mol. The van der Waals surface area contributed by atoms with Crippen LogP contribution in [0.2, 0.25) is 0 Å². The number of nitro groups is 1. The van der Waals surface area contributed by atoms with Crippen LogP contribution in [0.15, 0.2) is 36.4 Å². The Morgan fingerprint density at radius 2 is 1.74 bits per heavy atom. The third-order valence-corrected chi connectivity index (χ3v) is 2.98. The van der Waals surface area contributed by atoms with Crippen molar-refractivity contribution in [2.24, 2.45) is 0 Å². The smallest absolute Gasteiger partial charge is 0.314 e. The Labute approximate surface area is 120 Å². The van der Waals surface area contributed by atoms with Gasteiger partial charge in [0, 0.05) is 9.64 Å². The van der Waals surface area contributed by atoms with Crippen LogP contribution >= 0.6 is 22.6 Å². The van der Waals surface area contributed by atoms with Gasteiger partial charge in [-0.2, -0.15) is 4.39 Å². The van der Waals surface area contributed by atoms with E-state index in [-0.39, 0.29) is 5.75 Å². The molecule has 0 saturated carbocycles. The molecule has 0 saturated heterocycles. The van der Waals surface area contributed by atoms with Crippen LogP contribution in [-0.2, 0) is 0 Å². The highest BCUT2D eigenvalue weighted by atomic mass is 127. The molecule has 0 spiro atoms. The predicted octanol–water partition coefficient (Wildman–Crippen LogP) is 4.27. The molecule has 7 heteroatoms. The molecule has 0 atom stereocenters. The molecule has 4 nitrogen and oxygen atoms in total. The molecule has 0 N–H and O–H groups in total. The number of hydrogen-bond acceptors (Lipinski definition) is 3. The lowest BCUT2D eigenvalue weighted by molar-refractivity contribution is -0.385. The third kappa shape index (κ3) is 2.98. The summed E-state index contributed by atoms with van der Waals surface area (Å²) in [6, 6.07) is 7.93. The number of hydrogen-bond donors (Lipinski definition) is 0. The second kappa shape index (κ2) is 5.47. The third-order valence-electron chi connectivity index (χ3n) is 2.26. The molecule has 0 radical (unpaired) electrons. The maximum absolute atomic E-state index is 13.6. The van der Waals surface area contributed by atoms with Gasteiger partial charge in [-0.1, -0.05) is 0 Å². The first-order valence-electron chi connectivity index (χ1n) is 5.05. The molecule has 0 bridgehead atoms. The Hall–Kier alpha value is -1.77. The zero-order chi connectivity index (χ0) is 14.0. The van der Waals surface area contributed by atoms with Gasteiger partial charge < -0.3 is 4.74 Å². The van der Waals surface area contributed by atoms with Crippen LogP contribution in [-0.4, -0.2) is 4.92 Å². The van der Waals surface area contributed by atoms with Gasteiger partial charge in [0.2, 0.25) is 11.6 Å². The highest BCUT2D eigenvalue weighted by molar-refractivity contribution is 14.1. The highest BCUT2D eigenvalue weighted by Gasteiger charge is 2.23. The first-order valence-corrected chi connectivity index (χ1v) is 6.12. The number of halogens is 3. The van der Waals surface area contributed by atoms with Gasteiger partial charge >= 0.3 is 5.69 Å². The van der Waals surface area contributed by atoms with Crippen LogP contribution in [0.4, 0.5) is 14.5 Å². The minimum Gasteiger partial charge on any atom is -0.447 e. The van der Waals surface area contributed by atoms with Gasteiger partial charge in [-0.3, -0.25) is 10.1 Å². The van der Waals surface area contributed by atoms with Crippen molar-refractivity contribution in [2.75, 3.05) is 0 Å². The van der Waals surface area contributed by atoms with E-state index >= 15 is 0 Å². The van der Waals surface area contributed by atoms with Gasteiger partial charge in [-0.15, -0.1) is 0 Å². The summed E-state index contributed by atoms with van der Waals surface area (Å²) in [7, 11) is 0. The van der Waals surface area contributed by atoms with Crippen molar-refractivity contribution in [1.82, 2.24) is 0 Å². The minimum absolute atomic E-state index is 0.188. The van der Waals surface area contributed by atoms with Crippen molar-refractivity contribution in [3.05, 3.63) is 61.7 Å². The highest BCUT2D eigenvalue weighted by Crippen LogP contribution is 2.35. The largest absolute Gasteiger partial charge is 0.447 e. The summed E-state index contributed by atoms with van der Waals surface area (Å²) >= 11 is 2.06. The molecule has 2 aromatic carbocycles. The van der Waals surface area contributed by atoms with E-state index in [9.17, 15) is 18.9 Å². The lowest BCUT2D eigenvalue weighted by Crippen LogP contribution is -1.98. The number of nitrogens with zero attached hydrogens (tertiary/aromatic N) is 1. The summed E-state index contributed by atoms with van der Waals surface area (Å²) in [4.78, 5) is 9.94. The molecule has 0 amide bonds. The van der Waals surface area contributed by atoms with Gasteiger partial charge in [-0.05, 0) is 52.9 Å². The first kappa shape index (κ1) is 13.7. The second-order valence-electron chi connectivity index (χ2n) is 3.52. The molecular weight excluding hydrogens is 371 g/mol. The average molecular weight is 377 g/mol. The van der Waals surface area contributed by atoms with E-state index in [0.29, 0.717) is 6.07 Å². The van der Waals surface area contributed by atoms with E-state index in [1.165, 1.54) is 12.1 Å². The van der Waals surface area contributed by atoms with Crippen LogP contribution in [0, 0.1) is 25.3 Å².